The zero-order valence-corrected chi connectivity index (χ0v) is 13.7. The van der Waals surface area contributed by atoms with Gasteiger partial charge in [0, 0.05) is 36.8 Å². The van der Waals surface area contributed by atoms with Crippen LogP contribution in [0.1, 0.15) is 24.1 Å². The molecule has 0 amide bonds. The fourth-order valence-corrected chi connectivity index (χ4v) is 3.02. The van der Waals surface area contributed by atoms with E-state index in [0.717, 1.165) is 55.2 Å². The van der Waals surface area contributed by atoms with Crippen molar-refractivity contribution in [1.82, 2.24) is 15.3 Å². The minimum atomic E-state index is 0.623. The summed E-state index contributed by atoms with van der Waals surface area (Å²) in [4.78, 5) is 9.22. The van der Waals surface area contributed by atoms with Gasteiger partial charge < -0.3 is 10.1 Å². The number of hydrogen-bond donors (Lipinski definition) is 1. The van der Waals surface area contributed by atoms with Crippen LogP contribution in [-0.2, 0) is 13.0 Å². The molecule has 24 heavy (non-hydrogen) atoms. The van der Waals surface area contributed by atoms with Gasteiger partial charge in [0.25, 0.3) is 0 Å². The summed E-state index contributed by atoms with van der Waals surface area (Å²) in [5.41, 5.74) is 4.64. The molecule has 122 valence electrons. The Bertz CT molecular complexity index is 778. The van der Waals surface area contributed by atoms with E-state index in [2.05, 4.69) is 28.5 Å². The van der Waals surface area contributed by atoms with Crippen molar-refractivity contribution in [2.45, 2.75) is 25.8 Å². The Morgan fingerprint density at radius 1 is 1.12 bits per heavy atom. The van der Waals surface area contributed by atoms with Crippen LogP contribution >= 0.6 is 0 Å². The van der Waals surface area contributed by atoms with Gasteiger partial charge in [0.05, 0.1) is 5.69 Å². The van der Waals surface area contributed by atoms with E-state index in [-0.39, 0.29) is 0 Å². The molecule has 4 rings (SSSR count). The second-order valence-corrected chi connectivity index (χ2v) is 6.16. The number of nitrogens with zero attached hydrogens (tertiary/aromatic N) is 2. The minimum Gasteiger partial charge on any atom is -0.489 e. The number of allylic oxidation sites excluding steroid dienone is 2. The lowest BCUT2D eigenvalue weighted by Crippen LogP contribution is -2.24. The first-order chi connectivity index (χ1) is 11.9. The van der Waals surface area contributed by atoms with Gasteiger partial charge in [-0.15, -0.1) is 0 Å². The predicted octanol–water partition coefficient (Wildman–Crippen LogP) is 3.44. The average Bonchev–Trinajstić information content (AvgIpc) is 2.67. The van der Waals surface area contributed by atoms with Gasteiger partial charge in [-0.3, -0.25) is 0 Å². The summed E-state index contributed by atoms with van der Waals surface area (Å²) >= 11 is 0. The van der Waals surface area contributed by atoms with Crippen LogP contribution in [0.4, 0.5) is 0 Å². The van der Waals surface area contributed by atoms with E-state index in [0.29, 0.717) is 6.61 Å². The summed E-state index contributed by atoms with van der Waals surface area (Å²) in [6, 6.07) is 8.05. The monoisotopic (exact) mass is 319 g/mol. The second kappa shape index (κ2) is 6.97. The molecule has 1 N–H and O–H groups in total. The zero-order valence-electron chi connectivity index (χ0n) is 13.7. The van der Waals surface area contributed by atoms with E-state index in [1.165, 1.54) is 11.1 Å². The molecule has 0 radical (unpaired) electrons. The number of ether oxygens (including phenoxy) is 1. The predicted molar refractivity (Wildman–Crippen MR) is 94.8 cm³/mol. The number of nitrogens with one attached hydrogen (secondary N) is 1. The van der Waals surface area contributed by atoms with Crippen LogP contribution in [0.25, 0.3) is 11.4 Å². The van der Waals surface area contributed by atoms with Gasteiger partial charge in [0.1, 0.15) is 12.4 Å². The quantitative estimate of drug-likeness (QED) is 0.938. The third-order valence-electron chi connectivity index (χ3n) is 4.40. The highest BCUT2D eigenvalue weighted by molar-refractivity contribution is 5.56. The first kappa shape index (κ1) is 15.1. The van der Waals surface area contributed by atoms with Crippen LogP contribution in [0, 0.1) is 0 Å². The summed E-state index contributed by atoms with van der Waals surface area (Å²) in [6.45, 7) is 2.48. The number of rotatable bonds is 4. The zero-order chi connectivity index (χ0) is 16.2. The fourth-order valence-electron chi connectivity index (χ4n) is 3.02. The van der Waals surface area contributed by atoms with Crippen molar-refractivity contribution in [2.24, 2.45) is 0 Å². The standard InChI is InChI=1S/C20H21N3O/c1-2-4-15(5-3-1)14-24-18-8-6-16(7-9-18)20-22-13-17-12-21-11-10-19(17)23-20/h2,4-9,13,21H,1,3,10-12,14H2. The van der Waals surface area contributed by atoms with Crippen molar-refractivity contribution in [3.8, 4) is 17.1 Å². The highest BCUT2D eigenvalue weighted by atomic mass is 16.5. The second-order valence-electron chi connectivity index (χ2n) is 6.16. The Morgan fingerprint density at radius 3 is 2.88 bits per heavy atom. The normalized spacial score (nSPS) is 16.4. The van der Waals surface area contributed by atoms with Gasteiger partial charge in [0.15, 0.2) is 5.82 Å². The molecule has 1 aromatic carbocycles. The van der Waals surface area contributed by atoms with Gasteiger partial charge >= 0.3 is 0 Å². The molecular formula is C20H21N3O. The van der Waals surface area contributed by atoms with E-state index in [1.54, 1.807) is 0 Å². The van der Waals surface area contributed by atoms with E-state index in [4.69, 9.17) is 9.72 Å². The van der Waals surface area contributed by atoms with Gasteiger partial charge in [-0.1, -0.05) is 18.2 Å². The van der Waals surface area contributed by atoms with Crippen molar-refractivity contribution in [2.75, 3.05) is 13.2 Å². The molecule has 0 atom stereocenters. The van der Waals surface area contributed by atoms with E-state index < -0.39 is 0 Å². The molecule has 2 heterocycles. The molecular weight excluding hydrogens is 298 g/mol. The van der Waals surface area contributed by atoms with E-state index in [1.807, 2.05) is 30.5 Å². The van der Waals surface area contributed by atoms with Gasteiger partial charge in [0.2, 0.25) is 0 Å². The maximum Gasteiger partial charge on any atom is 0.159 e. The molecule has 4 heteroatoms. The molecule has 0 fully saturated rings. The lowest BCUT2D eigenvalue weighted by molar-refractivity contribution is 0.354. The maximum atomic E-state index is 5.86. The third kappa shape index (κ3) is 3.39. The van der Waals surface area contributed by atoms with Gasteiger partial charge in [-0.05, 0) is 42.7 Å². The highest BCUT2D eigenvalue weighted by Crippen LogP contribution is 2.22. The summed E-state index contributed by atoms with van der Waals surface area (Å²) < 4.78 is 5.86. The van der Waals surface area contributed by atoms with Crippen molar-refractivity contribution >= 4 is 0 Å². The number of benzene rings is 1. The molecule has 0 saturated carbocycles. The molecule has 2 aliphatic rings. The molecule has 1 aliphatic heterocycles. The smallest absolute Gasteiger partial charge is 0.159 e. The Labute approximate surface area is 142 Å². The lowest BCUT2D eigenvalue weighted by atomic mass is 10.1. The Balaban J connectivity index is 1.45. The van der Waals surface area contributed by atoms with E-state index in [9.17, 15) is 0 Å². The maximum absolute atomic E-state index is 5.86. The van der Waals surface area contributed by atoms with Crippen LogP contribution in [-0.4, -0.2) is 23.1 Å². The molecule has 1 aromatic heterocycles. The first-order valence-electron chi connectivity index (χ1n) is 8.53. The van der Waals surface area contributed by atoms with Crippen LogP contribution in [0.3, 0.4) is 0 Å². The summed E-state index contributed by atoms with van der Waals surface area (Å²) in [5, 5.41) is 3.34. The number of hydrogen-bond acceptors (Lipinski definition) is 4. The van der Waals surface area contributed by atoms with E-state index >= 15 is 0 Å². The molecule has 1 aliphatic carbocycles. The summed E-state index contributed by atoms with van der Waals surface area (Å²) in [6.07, 6.45) is 11.7. The van der Waals surface area contributed by atoms with Gasteiger partial charge in [-0.2, -0.15) is 0 Å². The molecule has 0 bridgehead atoms. The third-order valence-corrected chi connectivity index (χ3v) is 4.40. The largest absolute Gasteiger partial charge is 0.489 e. The van der Waals surface area contributed by atoms with Crippen LogP contribution in [0.2, 0.25) is 0 Å². The summed E-state index contributed by atoms with van der Waals surface area (Å²) in [5.74, 6) is 1.67. The molecule has 0 unspecified atom stereocenters. The minimum absolute atomic E-state index is 0.623. The highest BCUT2D eigenvalue weighted by Gasteiger charge is 2.12. The van der Waals surface area contributed by atoms with Crippen LogP contribution in [0.5, 0.6) is 5.75 Å². The van der Waals surface area contributed by atoms with Crippen molar-refractivity contribution in [1.29, 1.82) is 0 Å². The van der Waals surface area contributed by atoms with Crippen molar-refractivity contribution in [3.63, 3.8) is 0 Å². The van der Waals surface area contributed by atoms with Gasteiger partial charge in [-0.25, -0.2) is 9.97 Å². The van der Waals surface area contributed by atoms with Crippen molar-refractivity contribution in [3.05, 3.63) is 65.5 Å². The summed E-state index contributed by atoms with van der Waals surface area (Å²) in [7, 11) is 0. The number of aromatic nitrogens is 2. The lowest BCUT2D eigenvalue weighted by Gasteiger charge is -2.16. The molecule has 4 nitrogen and oxygen atoms in total. The topological polar surface area (TPSA) is 47.0 Å². The molecule has 0 spiro atoms. The first-order valence-corrected chi connectivity index (χ1v) is 8.53. The fraction of sp³-hybridized carbons (Fsp3) is 0.300. The SMILES string of the molecule is C1=CC(COc2ccc(-c3ncc4c(n3)CCNC4)cc2)=CCC1. The Kier molecular flexibility index (Phi) is 4.38. The average molecular weight is 319 g/mol. The molecule has 0 saturated heterocycles. The van der Waals surface area contributed by atoms with Crippen molar-refractivity contribution < 1.29 is 4.74 Å². The Hall–Kier alpha value is -2.46. The molecule has 2 aromatic rings. The Morgan fingerprint density at radius 2 is 2.04 bits per heavy atom. The van der Waals surface area contributed by atoms with Crippen LogP contribution < -0.4 is 10.1 Å². The van der Waals surface area contributed by atoms with Crippen LogP contribution in [0.15, 0.2) is 54.3 Å². The number of fused-ring (bicyclic) bond motifs is 1.